The minimum absolute atomic E-state index is 0.157. The van der Waals surface area contributed by atoms with Gasteiger partial charge in [-0.15, -0.1) is 0 Å². The van der Waals surface area contributed by atoms with Gasteiger partial charge in [0.2, 0.25) is 0 Å². The molecule has 0 amide bonds. The molecular weight excluding hydrogens is 222 g/mol. The topological polar surface area (TPSA) is 32.3 Å². The quantitative estimate of drug-likeness (QED) is 0.809. The van der Waals surface area contributed by atoms with Gasteiger partial charge in [0.15, 0.2) is 0 Å². The highest BCUT2D eigenvalue weighted by atomic mass is 16.3. The summed E-state index contributed by atoms with van der Waals surface area (Å²) in [5.41, 5.74) is 2.65. The third-order valence-electron chi connectivity index (χ3n) is 3.57. The van der Waals surface area contributed by atoms with Crippen LogP contribution in [0.2, 0.25) is 0 Å². The van der Waals surface area contributed by atoms with E-state index in [1.165, 1.54) is 11.1 Å². The Hall–Kier alpha value is -0.860. The number of hydrogen-bond donors (Lipinski definition) is 2. The fourth-order valence-electron chi connectivity index (χ4n) is 2.04. The van der Waals surface area contributed by atoms with Gasteiger partial charge in [-0.2, -0.15) is 0 Å². The predicted octanol–water partition coefficient (Wildman–Crippen LogP) is 3.48. The molecule has 18 heavy (non-hydrogen) atoms. The first-order chi connectivity index (χ1) is 8.45. The third kappa shape index (κ3) is 4.11. The van der Waals surface area contributed by atoms with Crippen molar-refractivity contribution < 1.29 is 5.11 Å². The van der Waals surface area contributed by atoms with E-state index in [0.29, 0.717) is 11.8 Å². The molecule has 1 aromatic carbocycles. The van der Waals surface area contributed by atoms with Gasteiger partial charge in [-0.25, -0.2) is 0 Å². The molecule has 0 aromatic heterocycles. The summed E-state index contributed by atoms with van der Waals surface area (Å²) < 4.78 is 0. The fraction of sp³-hybridized carbons (Fsp3) is 0.625. The van der Waals surface area contributed by atoms with Crippen molar-refractivity contribution in [3.63, 3.8) is 0 Å². The van der Waals surface area contributed by atoms with Gasteiger partial charge in [0, 0.05) is 12.1 Å². The van der Waals surface area contributed by atoms with Gasteiger partial charge in [0.1, 0.15) is 0 Å². The molecule has 1 aromatic rings. The Morgan fingerprint density at radius 2 is 1.44 bits per heavy atom. The van der Waals surface area contributed by atoms with Crippen molar-refractivity contribution in [2.45, 2.75) is 52.6 Å². The zero-order valence-electron chi connectivity index (χ0n) is 12.3. The van der Waals surface area contributed by atoms with Crippen molar-refractivity contribution in [1.82, 2.24) is 5.32 Å². The number of benzene rings is 1. The number of aliphatic hydroxyl groups is 1. The Morgan fingerprint density at radius 1 is 0.944 bits per heavy atom. The molecule has 0 aliphatic heterocycles. The lowest BCUT2D eigenvalue weighted by atomic mass is 9.98. The van der Waals surface area contributed by atoms with Crippen LogP contribution in [0.3, 0.4) is 0 Å². The molecule has 0 fully saturated rings. The molecule has 0 spiro atoms. The second-order valence-electron chi connectivity index (χ2n) is 5.74. The fourth-order valence-corrected chi connectivity index (χ4v) is 2.04. The van der Waals surface area contributed by atoms with Crippen LogP contribution in [0.25, 0.3) is 0 Å². The Balaban J connectivity index is 2.69. The Kier molecular flexibility index (Phi) is 5.83. The largest absolute Gasteiger partial charge is 0.395 e. The van der Waals surface area contributed by atoms with Crippen LogP contribution in [0.15, 0.2) is 24.3 Å². The lowest BCUT2D eigenvalue weighted by Crippen LogP contribution is -2.38. The van der Waals surface area contributed by atoms with E-state index in [9.17, 15) is 5.11 Å². The van der Waals surface area contributed by atoms with Crippen molar-refractivity contribution in [3.05, 3.63) is 35.4 Å². The molecule has 2 N–H and O–H groups in total. The highest BCUT2D eigenvalue weighted by Gasteiger charge is 2.15. The monoisotopic (exact) mass is 249 g/mol. The predicted molar refractivity (Wildman–Crippen MR) is 77.8 cm³/mol. The molecule has 0 radical (unpaired) electrons. The first-order valence-corrected chi connectivity index (χ1v) is 6.92. The van der Waals surface area contributed by atoms with Gasteiger partial charge in [0.05, 0.1) is 6.61 Å². The maximum atomic E-state index is 9.35. The molecule has 0 saturated heterocycles. The van der Waals surface area contributed by atoms with E-state index in [-0.39, 0.29) is 18.7 Å². The third-order valence-corrected chi connectivity index (χ3v) is 3.57. The molecule has 2 atom stereocenters. The first kappa shape index (κ1) is 15.2. The van der Waals surface area contributed by atoms with E-state index >= 15 is 0 Å². The lowest BCUT2D eigenvalue weighted by molar-refractivity contribution is 0.201. The summed E-state index contributed by atoms with van der Waals surface area (Å²) in [6.45, 7) is 11.0. The summed E-state index contributed by atoms with van der Waals surface area (Å²) in [5.74, 6) is 1.01. The number of nitrogens with one attached hydrogen (secondary N) is 1. The summed E-state index contributed by atoms with van der Waals surface area (Å²) in [7, 11) is 0. The molecule has 2 unspecified atom stereocenters. The molecule has 2 nitrogen and oxygen atoms in total. The minimum atomic E-state index is 0.157. The molecular formula is C16H27NO. The normalized spacial score (nSPS) is 15.1. The van der Waals surface area contributed by atoms with Gasteiger partial charge in [-0.1, -0.05) is 52.0 Å². The molecule has 1 rings (SSSR count). The van der Waals surface area contributed by atoms with E-state index in [1.54, 1.807) is 0 Å². The van der Waals surface area contributed by atoms with Crippen LogP contribution in [0.1, 0.15) is 57.7 Å². The summed E-state index contributed by atoms with van der Waals surface area (Å²) in [6.07, 6.45) is 0. The molecule has 102 valence electrons. The Labute approximate surface area is 111 Å². The van der Waals surface area contributed by atoms with Crippen molar-refractivity contribution in [2.24, 2.45) is 5.92 Å². The summed E-state index contributed by atoms with van der Waals surface area (Å²) in [5, 5.41) is 12.8. The maximum Gasteiger partial charge on any atom is 0.0587 e. The van der Waals surface area contributed by atoms with Crippen LogP contribution in [0, 0.1) is 5.92 Å². The number of hydrogen-bond acceptors (Lipinski definition) is 2. The van der Waals surface area contributed by atoms with Crippen molar-refractivity contribution in [1.29, 1.82) is 0 Å². The average molecular weight is 249 g/mol. The zero-order valence-corrected chi connectivity index (χ0v) is 12.3. The summed E-state index contributed by atoms with van der Waals surface area (Å²) in [6, 6.07) is 9.18. The van der Waals surface area contributed by atoms with Crippen molar-refractivity contribution in [3.8, 4) is 0 Å². The highest BCUT2D eigenvalue weighted by molar-refractivity contribution is 5.26. The molecule has 0 aliphatic carbocycles. The van der Waals surface area contributed by atoms with Gasteiger partial charge in [0.25, 0.3) is 0 Å². The van der Waals surface area contributed by atoms with Gasteiger partial charge < -0.3 is 10.4 Å². The van der Waals surface area contributed by atoms with E-state index < -0.39 is 0 Å². The molecule has 0 bridgehead atoms. The van der Waals surface area contributed by atoms with Crippen LogP contribution < -0.4 is 5.32 Å². The number of aliphatic hydroxyl groups excluding tert-OH is 1. The Morgan fingerprint density at radius 3 is 1.83 bits per heavy atom. The number of rotatable bonds is 6. The molecule has 0 saturated carbocycles. The van der Waals surface area contributed by atoms with E-state index in [4.69, 9.17) is 0 Å². The second-order valence-corrected chi connectivity index (χ2v) is 5.74. The van der Waals surface area contributed by atoms with Crippen LogP contribution in [-0.2, 0) is 0 Å². The lowest BCUT2D eigenvalue weighted by Gasteiger charge is -2.25. The standard InChI is InChI=1S/C16H27NO/c1-11(2)14-6-8-15(9-7-14)13(5)17-16(10-18)12(3)4/h6-9,11-13,16-18H,10H2,1-5H3. The van der Waals surface area contributed by atoms with Crippen molar-refractivity contribution in [2.75, 3.05) is 6.61 Å². The van der Waals surface area contributed by atoms with Crippen molar-refractivity contribution >= 4 is 0 Å². The highest BCUT2D eigenvalue weighted by Crippen LogP contribution is 2.19. The van der Waals surface area contributed by atoms with Crippen LogP contribution in [-0.4, -0.2) is 17.8 Å². The van der Waals surface area contributed by atoms with Crippen LogP contribution in [0.5, 0.6) is 0 Å². The molecule has 0 aliphatic rings. The van der Waals surface area contributed by atoms with Crippen LogP contribution in [0.4, 0.5) is 0 Å². The summed E-state index contributed by atoms with van der Waals surface area (Å²) in [4.78, 5) is 0. The van der Waals surface area contributed by atoms with E-state index in [0.717, 1.165) is 0 Å². The van der Waals surface area contributed by atoms with Gasteiger partial charge >= 0.3 is 0 Å². The molecule has 2 heteroatoms. The Bertz CT molecular complexity index is 343. The SMILES string of the molecule is CC(C)c1ccc(C(C)NC(CO)C(C)C)cc1. The first-order valence-electron chi connectivity index (χ1n) is 6.92. The smallest absolute Gasteiger partial charge is 0.0587 e. The van der Waals surface area contributed by atoms with Crippen LogP contribution >= 0.6 is 0 Å². The second kappa shape index (κ2) is 6.91. The minimum Gasteiger partial charge on any atom is -0.395 e. The summed E-state index contributed by atoms with van der Waals surface area (Å²) >= 11 is 0. The van der Waals surface area contributed by atoms with E-state index in [2.05, 4.69) is 64.2 Å². The average Bonchev–Trinajstić information content (AvgIpc) is 2.35. The maximum absolute atomic E-state index is 9.35. The van der Waals surface area contributed by atoms with E-state index in [1.807, 2.05) is 0 Å². The van der Waals surface area contributed by atoms with Gasteiger partial charge in [-0.05, 0) is 29.9 Å². The van der Waals surface area contributed by atoms with Gasteiger partial charge in [-0.3, -0.25) is 0 Å². The molecule has 0 heterocycles. The zero-order chi connectivity index (χ0) is 13.7.